The number of rotatable bonds is 3. The fraction of sp³-hybridized carbons (Fsp3) is 0.100. The van der Waals surface area contributed by atoms with Crippen molar-refractivity contribution in [3.05, 3.63) is 42.1 Å². The average molecular weight is 237 g/mol. The number of anilines is 1. The molecule has 0 amide bonds. The minimum absolute atomic E-state index is 0.00523. The zero-order valence-corrected chi connectivity index (χ0v) is 9.30. The van der Waals surface area contributed by atoms with Crippen molar-refractivity contribution in [2.75, 3.05) is 5.73 Å². The number of hydrogen-bond donors (Lipinski definition) is 2. The zero-order chi connectivity index (χ0) is 11.5. The average Bonchev–Trinajstić information content (AvgIpc) is 2.65. The molecule has 1 aromatic heterocycles. The molecule has 16 heavy (non-hydrogen) atoms. The Balaban J connectivity index is 2.47. The topological polar surface area (TPSA) is 78.0 Å². The van der Waals surface area contributed by atoms with Gasteiger partial charge in [0.15, 0.2) is 0 Å². The highest BCUT2D eigenvalue weighted by molar-refractivity contribution is 7.71. The third-order valence-electron chi connectivity index (χ3n) is 2.15. The quantitative estimate of drug-likeness (QED) is 0.765. The van der Waals surface area contributed by atoms with E-state index in [2.05, 4.69) is 5.10 Å². The molecule has 0 saturated heterocycles. The minimum Gasteiger partial charge on any atom is -0.382 e. The van der Waals surface area contributed by atoms with Crippen molar-refractivity contribution in [2.45, 2.75) is 5.75 Å². The first-order valence-corrected chi connectivity index (χ1v) is 6.04. The van der Waals surface area contributed by atoms with Crippen LogP contribution >= 0.6 is 0 Å². The van der Waals surface area contributed by atoms with Crippen molar-refractivity contribution in [3.8, 4) is 5.69 Å². The van der Waals surface area contributed by atoms with Crippen molar-refractivity contribution >= 4 is 16.5 Å². The highest BCUT2D eigenvalue weighted by Gasteiger charge is 2.05. The molecule has 0 aliphatic carbocycles. The van der Waals surface area contributed by atoms with E-state index in [0.717, 1.165) is 5.69 Å². The lowest BCUT2D eigenvalue weighted by molar-refractivity contribution is 0.613. The van der Waals surface area contributed by atoms with Crippen molar-refractivity contribution in [2.24, 2.45) is 0 Å². The molecule has 5 nitrogen and oxygen atoms in total. The molecule has 0 spiro atoms. The van der Waals surface area contributed by atoms with Gasteiger partial charge in [0.1, 0.15) is 16.5 Å². The van der Waals surface area contributed by atoms with Gasteiger partial charge < -0.3 is 5.73 Å². The number of benzene rings is 1. The maximum atomic E-state index is 10.7. The van der Waals surface area contributed by atoms with E-state index < -0.39 is 10.7 Å². The number of nitrogens with zero attached hydrogens (tertiary/aromatic N) is 2. The monoisotopic (exact) mass is 237 g/mol. The predicted octanol–water partition coefficient (Wildman–Crippen LogP) is 0.566. The highest BCUT2D eigenvalue weighted by Crippen LogP contribution is 2.15. The van der Waals surface area contributed by atoms with Crippen LogP contribution in [0, 0.1) is 0 Å². The SMILES string of the molecule is Nc1ccn(-c2ccccc2C[SH](=O)=O)n1. The lowest BCUT2D eigenvalue weighted by Gasteiger charge is -2.06. The van der Waals surface area contributed by atoms with Gasteiger partial charge in [0.25, 0.3) is 0 Å². The van der Waals surface area contributed by atoms with E-state index in [1.54, 1.807) is 35.1 Å². The van der Waals surface area contributed by atoms with E-state index in [0.29, 0.717) is 11.4 Å². The fourth-order valence-electron chi connectivity index (χ4n) is 1.48. The Morgan fingerprint density at radius 2 is 2.00 bits per heavy atom. The van der Waals surface area contributed by atoms with Crippen molar-refractivity contribution < 1.29 is 8.42 Å². The second-order valence-corrected chi connectivity index (χ2v) is 4.29. The summed E-state index contributed by atoms with van der Waals surface area (Å²) in [6, 6.07) is 8.85. The molecule has 0 radical (unpaired) electrons. The molecular formula is C10H11N3O2S. The van der Waals surface area contributed by atoms with Crippen LogP contribution < -0.4 is 5.73 Å². The molecule has 2 aromatic rings. The Bertz CT molecular complexity index is 567. The van der Waals surface area contributed by atoms with Gasteiger partial charge in [-0.2, -0.15) is 5.10 Å². The number of hydrogen-bond acceptors (Lipinski definition) is 4. The van der Waals surface area contributed by atoms with E-state index in [-0.39, 0.29) is 5.75 Å². The Hall–Kier alpha value is -1.82. The smallest absolute Gasteiger partial charge is 0.145 e. The van der Waals surface area contributed by atoms with Gasteiger partial charge >= 0.3 is 0 Å². The van der Waals surface area contributed by atoms with E-state index in [1.165, 1.54) is 0 Å². The lowest BCUT2D eigenvalue weighted by Crippen LogP contribution is -2.01. The van der Waals surface area contributed by atoms with Crippen LogP contribution in [0.3, 0.4) is 0 Å². The molecule has 0 aliphatic heterocycles. The summed E-state index contributed by atoms with van der Waals surface area (Å²) in [4.78, 5) is 0. The maximum absolute atomic E-state index is 10.7. The van der Waals surface area contributed by atoms with Crippen LogP contribution in [0.1, 0.15) is 5.56 Å². The van der Waals surface area contributed by atoms with Crippen LogP contribution in [0.5, 0.6) is 0 Å². The number of nitrogens with two attached hydrogens (primary N) is 1. The van der Waals surface area contributed by atoms with E-state index in [4.69, 9.17) is 5.73 Å². The third kappa shape index (κ3) is 2.22. The Morgan fingerprint density at radius 3 is 2.62 bits per heavy atom. The molecule has 1 heterocycles. The normalized spacial score (nSPS) is 10.8. The van der Waals surface area contributed by atoms with Gasteiger partial charge in [-0.1, -0.05) is 18.2 Å². The molecule has 0 unspecified atom stereocenters. The van der Waals surface area contributed by atoms with Crippen molar-refractivity contribution in [3.63, 3.8) is 0 Å². The van der Waals surface area contributed by atoms with Gasteiger partial charge in [0, 0.05) is 12.3 Å². The summed E-state index contributed by atoms with van der Waals surface area (Å²) in [5.74, 6) is 0.409. The summed E-state index contributed by atoms with van der Waals surface area (Å²) in [6.45, 7) is 0. The van der Waals surface area contributed by atoms with Crippen molar-refractivity contribution in [1.82, 2.24) is 9.78 Å². The first kappa shape index (κ1) is 10.7. The summed E-state index contributed by atoms with van der Waals surface area (Å²) in [5, 5.41) is 4.05. The molecule has 0 bridgehead atoms. The Kier molecular flexibility index (Phi) is 2.91. The van der Waals surface area contributed by atoms with Crippen LogP contribution in [0.15, 0.2) is 36.5 Å². The Labute approximate surface area is 94.5 Å². The third-order valence-corrected chi connectivity index (χ3v) is 2.75. The van der Waals surface area contributed by atoms with Gasteiger partial charge in [0.2, 0.25) is 0 Å². The van der Waals surface area contributed by atoms with Crippen LogP contribution in [0.2, 0.25) is 0 Å². The molecular weight excluding hydrogens is 226 g/mol. The summed E-state index contributed by atoms with van der Waals surface area (Å²) >= 11 is 0. The van der Waals surface area contributed by atoms with Crippen LogP contribution in [0.25, 0.3) is 5.69 Å². The standard InChI is InChI=1S/C10H11N3O2S/c11-10-5-6-13(12-10)9-4-2-1-3-8(9)7-16(14)15/h1-6,16H,7H2,(H2,11,12). The highest BCUT2D eigenvalue weighted by atomic mass is 32.2. The largest absolute Gasteiger partial charge is 0.382 e. The zero-order valence-electron chi connectivity index (χ0n) is 8.41. The van der Waals surface area contributed by atoms with Gasteiger partial charge in [-0.25, -0.2) is 13.1 Å². The molecule has 1 aromatic carbocycles. The number of thiol groups is 1. The van der Waals surface area contributed by atoms with Gasteiger partial charge in [-0.05, 0) is 11.6 Å². The summed E-state index contributed by atoms with van der Waals surface area (Å²) < 4.78 is 23.1. The number of nitrogen functional groups attached to an aromatic ring is 1. The minimum atomic E-state index is -2.45. The molecule has 0 fully saturated rings. The molecule has 2 rings (SSSR count). The summed E-state index contributed by atoms with van der Waals surface area (Å²) in [6.07, 6.45) is 1.70. The summed E-state index contributed by atoms with van der Waals surface area (Å²) in [7, 11) is -2.45. The number of aromatic nitrogens is 2. The van der Waals surface area contributed by atoms with Crippen LogP contribution in [0.4, 0.5) is 5.82 Å². The molecule has 0 saturated carbocycles. The van der Waals surface area contributed by atoms with Gasteiger partial charge in [0.05, 0.1) is 11.4 Å². The number of para-hydroxylation sites is 1. The van der Waals surface area contributed by atoms with Gasteiger partial charge in [-0.3, -0.25) is 0 Å². The van der Waals surface area contributed by atoms with Gasteiger partial charge in [-0.15, -0.1) is 0 Å². The Morgan fingerprint density at radius 1 is 1.25 bits per heavy atom. The van der Waals surface area contributed by atoms with E-state index in [1.807, 2.05) is 6.07 Å². The van der Waals surface area contributed by atoms with E-state index in [9.17, 15) is 8.42 Å². The molecule has 84 valence electrons. The molecule has 2 N–H and O–H groups in total. The second-order valence-electron chi connectivity index (χ2n) is 3.30. The second kappa shape index (κ2) is 4.36. The fourth-order valence-corrected chi connectivity index (χ4v) is 2.02. The predicted molar refractivity (Wildman–Crippen MR) is 62.0 cm³/mol. The first-order chi connectivity index (χ1) is 7.66. The maximum Gasteiger partial charge on any atom is 0.145 e. The molecule has 6 heteroatoms. The molecule has 0 aliphatic rings. The van der Waals surface area contributed by atoms with E-state index >= 15 is 0 Å². The van der Waals surface area contributed by atoms with Crippen molar-refractivity contribution in [1.29, 1.82) is 0 Å². The van der Waals surface area contributed by atoms with Crippen LogP contribution in [-0.4, -0.2) is 18.2 Å². The lowest BCUT2D eigenvalue weighted by atomic mass is 10.2. The summed E-state index contributed by atoms with van der Waals surface area (Å²) in [5.41, 5.74) is 6.96. The molecule has 0 atom stereocenters. The first-order valence-electron chi connectivity index (χ1n) is 4.68. The van der Waals surface area contributed by atoms with Crippen LogP contribution in [-0.2, 0) is 16.5 Å².